The lowest BCUT2D eigenvalue weighted by molar-refractivity contribution is -0.138. The topological polar surface area (TPSA) is 40.6 Å². The molecule has 23 heavy (non-hydrogen) atoms. The van der Waals surface area contributed by atoms with Gasteiger partial charge >= 0.3 is 0 Å². The molecule has 0 N–H and O–H groups in total. The summed E-state index contributed by atoms with van der Waals surface area (Å²) < 4.78 is 13.5. The van der Waals surface area contributed by atoms with Gasteiger partial charge in [0.2, 0.25) is 11.8 Å². The van der Waals surface area contributed by atoms with Crippen LogP contribution in [0.1, 0.15) is 50.8 Å². The van der Waals surface area contributed by atoms with Crippen molar-refractivity contribution in [2.24, 2.45) is 0 Å². The Labute approximate surface area is 137 Å². The Morgan fingerprint density at radius 2 is 1.96 bits per heavy atom. The van der Waals surface area contributed by atoms with Crippen molar-refractivity contribution in [2.75, 3.05) is 19.6 Å². The number of carbonyl (C=O) groups is 2. The van der Waals surface area contributed by atoms with Crippen molar-refractivity contribution in [1.29, 1.82) is 0 Å². The Balaban J connectivity index is 2.00. The van der Waals surface area contributed by atoms with Crippen molar-refractivity contribution in [2.45, 2.75) is 46.1 Å². The second-order valence-electron chi connectivity index (χ2n) is 5.92. The molecule has 1 aliphatic rings. The van der Waals surface area contributed by atoms with Crippen LogP contribution in [0.25, 0.3) is 0 Å². The Hall–Kier alpha value is -1.91. The van der Waals surface area contributed by atoms with E-state index >= 15 is 0 Å². The van der Waals surface area contributed by atoms with Crippen LogP contribution in [0.15, 0.2) is 18.2 Å². The zero-order chi connectivity index (χ0) is 17.0. The third-order valence-electron chi connectivity index (χ3n) is 4.64. The quantitative estimate of drug-likeness (QED) is 0.837. The molecule has 1 aliphatic heterocycles. The van der Waals surface area contributed by atoms with Gasteiger partial charge in [0.25, 0.3) is 0 Å². The van der Waals surface area contributed by atoms with E-state index in [4.69, 9.17) is 0 Å². The number of rotatable bonds is 5. The summed E-state index contributed by atoms with van der Waals surface area (Å²) in [6.07, 6.45) is 1.18. The Morgan fingerprint density at radius 3 is 2.61 bits per heavy atom. The smallest absolute Gasteiger partial charge is 0.223 e. The molecule has 0 fully saturated rings. The summed E-state index contributed by atoms with van der Waals surface area (Å²) >= 11 is 0. The molecule has 1 heterocycles. The van der Waals surface area contributed by atoms with Crippen LogP contribution in [0.4, 0.5) is 4.39 Å². The van der Waals surface area contributed by atoms with E-state index in [1.807, 2.05) is 20.8 Å². The predicted octanol–water partition coefficient (Wildman–Crippen LogP) is 2.92. The van der Waals surface area contributed by atoms with E-state index in [1.54, 1.807) is 15.9 Å². The van der Waals surface area contributed by atoms with Gasteiger partial charge in [-0.25, -0.2) is 4.39 Å². The molecule has 0 aromatic heterocycles. The average molecular weight is 320 g/mol. The lowest BCUT2D eigenvalue weighted by atomic mass is 9.93. The summed E-state index contributed by atoms with van der Waals surface area (Å²) in [7, 11) is 0. The third-order valence-corrected chi connectivity index (χ3v) is 4.64. The summed E-state index contributed by atoms with van der Waals surface area (Å²) in [6.45, 7) is 7.73. The first-order valence-corrected chi connectivity index (χ1v) is 8.33. The Morgan fingerprint density at radius 1 is 1.26 bits per heavy atom. The monoisotopic (exact) mass is 320 g/mol. The van der Waals surface area contributed by atoms with Gasteiger partial charge in [-0.15, -0.1) is 0 Å². The minimum absolute atomic E-state index is 0.0134. The fourth-order valence-corrected chi connectivity index (χ4v) is 3.22. The van der Waals surface area contributed by atoms with Crippen molar-refractivity contribution in [3.05, 3.63) is 35.1 Å². The highest BCUT2D eigenvalue weighted by atomic mass is 19.1. The van der Waals surface area contributed by atoms with E-state index in [9.17, 15) is 14.0 Å². The van der Waals surface area contributed by atoms with E-state index in [0.717, 1.165) is 17.5 Å². The molecule has 1 aromatic carbocycles. The van der Waals surface area contributed by atoms with E-state index in [2.05, 4.69) is 0 Å². The van der Waals surface area contributed by atoms with Crippen LogP contribution in [-0.4, -0.2) is 41.2 Å². The summed E-state index contributed by atoms with van der Waals surface area (Å²) in [5.74, 6) is -0.297. The second-order valence-corrected chi connectivity index (χ2v) is 5.92. The fourth-order valence-electron chi connectivity index (χ4n) is 3.22. The van der Waals surface area contributed by atoms with Crippen molar-refractivity contribution in [1.82, 2.24) is 9.80 Å². The highest BCUT2D eigenvalue weighted by Crippen LogP contribution is 2.30. The molecule has 2 amide bonds. The van der Waals surface area contributed by atoms with Gasteiger partial charge in [-0.05, 0) is 50.5 Å². The number of fused-ring (bicyclic) bond motifs is 1. The maximum Gasteiger partial charge on any atom is 0.223 e. The molecule has 126 valence electrons. The fraction of sp³-hybridized carbons (Fsp3) is 0.556. The summed E-state index contributed by atoms with van der Waals surface area (Å²) in [4.78, 5) is 28.0. The van der Waals surface area contributed by atoms with Gasteiger partial charge in [-0.3, -0.25) is 9.59 Å². The number of hydrogen-bond donors (Lipinski definition) is 0. The first-order valence-electron chi connectivity index (χ1n) is 8.33. The van der Waals surface area contributed by atoms with Gasteiger partial charge in [0.15, 0.2) is 0 Å². The van der Waals surface area contributed by atoms with E-state index < -0.39 is 0 Å². The molecule has 0 radical (unpaired) electrons. The molecule has 0 saturated carbocycles. The largest absolute Gasteiger partial charge is 0.343 e. The standard InChI is InChI=1S/C18H25FN2O2/c1-4-20(5-2)17(22)8-9-18(23)21-11-10-14-6-7-15(19)12-16(14)13(21)3/h6-7,12-13H,4-5,8-11H2,1-3H3/t13-/m0/s1. The first-order chi connectivity index (χ1) is 11.0. The zero-order valence-electron chi connectivity index (χ0n) is 14.1. The number of benzene rings is 1. The maximum atomic E-state index is 13.5. The lowest BCUT2D eigenvalue weighted by Crippen LogP contribution is -2.39. The van der Waals surface area contributed by atoms with Crippen LogP contribution in [0.5, 0.6) is 0 Å². The van der Waals surface area contributed by atoms with Crippen LogP contribution in [-0.2, 0) is 16.0 Å². The molecule has 0 aliphatic carbocycles. The SMILES string of the molecule is CCN(CC)C(=O)CCC(=O)N1CCc2ccc(F)cc2[C@@H]1C. The van der Waals surface area contributed by atoms with Crippen molar-refractivity contribution >= 4 is 11.8 Å². The average Bonchev–Trinajstić information content (AvgIpc) is 2.54. The molecule has 0 bridgehead atoms. The van der Waals surface area contributed by atoms with Gasteiger partial charge in [0.05, 0.1) is 6.04 Å². The van der Waals surface area contributed by atoms with E-state index in [1.165, 1.54) is 12.1 Å². The Kier molecular flexibility index (Phi) is 5.74. The van der Waals surface area contributed by atoms with E-state index in [-0.39, 0.29) is 36.5 Å². The molecule has 1 aromatic rings. The molecule has 2 rings (SSSR count). The molecule has 0 spiro atoms. The van der Waals surface area contributed by atoms with Crippen molar-refractivity contribution in [3.8, 4) is 0 Å². The molecular weight excluding hydrogens is 295 g/mol. The first kappa shape index (κ1) is 17.4. The predicted molar refractivity (Wildman–Crippen MR) is 87.4 cm³/mol. The molecule has 1 atom stereocenters. The normalized spacial score (nSPS) is 16.9. The summed E-state index contributed by atoms with van der Waals surface area (Å²) in [5, 5.41) is 0. The third kappa shape index (κ3) is 3.89. The van der Waals surface area contributed by atoms with Gasteiger partial charge in [0, 0.05) is 32.5 Å². The van der Waals surface area contributed by atoms with Crippen LogP contribution in [0.3, 0.4) is 0 Å². The summed E-state index contributed by atoms with van der Waals surface area (Å²) in [6, 6.07) is 4.63. The minimum atomic E-state index is -0.276. The Bertz CT molecular complexity index is 584. The molecule has 0 saturated heterocycles. The van der Waals surface area contributed by atoms with Gasteiger partial charge in [-0.2, -0.15) is 0 Å². The molecule has 5 heteroatoms. The van der Waals surface area contributed by atoms with Crippen molar-refractivity contribution < 1.29 is 14.0 Å². The van der Waals surface area contributed by atoms with Crippen molar-refractivity contribution in [3.63, 3.8) is 0 Å². The zero-order valence-corrected chi connectivity index (χ0v) is 14.1. The minimum Gasteiger partial charge on any atom is -0.343 e. The van der Waals surface area contributed by atoms with Crippen LogP contribution < -0.4 is 0 Å². The number of amides is 2. The van der Waals surface area contributed by atoms with Gasteiger partial charge in [0.1, 0.15) is 5.82 Å². The van der Waals surface area contributed by atoms with Gasteiger partial charge < -0.3 is 9.80 Å². The van der Waals surface area contributed by atoms with Gasteiger partial charge in [-0.1, -0.05) is 6.07 Å². The number of halogens is 1. The maximum absolute atomic E-state index is 13.5. The second kappa shape index (κ2) is 7.57. The number of hydrogen-bond acceptors (Lipinski definition) is 2. The highest BCUT2D eigenvalue weighted by Gasteiger charge is 2.28. The molecule has 4 nitrogen and oxygen atoms in total. The van der Waals surface area contributed by atoms with E-state index in [0.29, 0.717) is 19.6 Å². The highest BCUT2D eigenvalue weighted by molar-refractivity contribution is 5.84. The summed E-state index contributed by atoms with van der Waals surface area (Å²) in [5.41, 5.74) is 1.97. The van der Waals surface area contributed by atoms with Crippen LogP contribution >= 0.6 is 0 Å². The number of nitrogens with zero attached hydrogens (tertiary/aromatic N) is 2. The van der Waals surface area contributed by atoms with Crippen LogP contribution in [0.2, 0.25) is 0 Å². The lowest BCUT2D eigenvalue weighted by Gasteiger charge is -2.35. The van der Waals surface area contributed by atoms with Crippen LogP contribution in [0, 0.1) is 5.82 Å². The molecular formula is C18H25FN2O2. The molecule has 0 unspecified atom stereocenters. The number of carbonyl (C=O) groups excluding carboxylic acids is 2.